The minimum Gasteiger partial charge on any atom is -0.494 e. The Bertz CT molecular complexity index is 1550. The number of nitrogens with zero attached hydrogens (tertiary/aromatic N) is 7. The van der Waals surface area contributed by atoms with Crippen LogP contribution in [-0.2, 0) is 7.05 Å². The highest BCUT2D eigenvalue weighted by Crippen LogP contribution is 2.38. The zero-order valence-corrected chi connectivity index (χ0v) is 19.2. The van der Waals surface area contributed by atoms with Crippen LogP contribution in [-0.4, -0.2) is 47.3 Å². The Morgan fingerprint density at radius 2 is 1.81 bits per heavy atom. The van der Waals surface area contributed by atoms with Crippen LogP contribution in [0.2, 0.25) is 0 Å². The maximum absolute atomic E-state index is 13.4. The van der Waals surface area contributed by atoms with E-state index in [4.69, 9.17) is 4.74 Å². The van der Waals surface area contributed by atoms with E-state index in [1.165, 1.54) is 30.1 Å². The number of aromatic amines is 1. The van der Waals surface area contributed by atoms with E-state index in [2.05, 4.69) is 46.0 Å². The Morgan fingerprint density at radius 3 is 2.46 bits per heavy atom. The Balaban J connectivity index is 1.56. The quantitative estimate of drug-likeness (QED) is 0.247. The van der Waals surface area contributed by atoms with E-state index >= 15 is 0 Å². The summed E-state index contributed by atoms with van der Waals surface area (Å²) < 4.78 is 58.1. The molecule has 0 fully saturated rings. The van der Waals surface area contributed by atoms with Gasteiger partial charge < -0.3 is 20.4 Å². The standard InChI is InChI=1S/C22H18F4N10O/c1-36-34-20(33-35-36)11-4-3-5-12(17(11)37-2)28-13-8-15(29-14-7-6-10(9-27-14)18(23)24)30-21-16(13)31-22(32-21)19(25)26/h3-9,18-19H,1-2H3,(H3,27,28,29,30,31,32). The van der Waals surface area contributed by atoms with Crippen molar-refractivity contribution >= 4 is 34.2 Å². The van der Waals surface area contributed by atoms with Gasteiger partial charge in [0, 0.05) is 17.8 Å². The number of tetrazole rings is 1. The molecule has 37 heavy (non-hydrogen) atoms. The van der Waals surface area contributed by atoms with E-state index in [1.54, 1.807) is 25.2 Å². The third kappa shape index (κ3) is 4.82. The van der Waals surface area contributed by atoms with Gasteiger partial charge in [0.25, 0.3) is 12.9 Å². The lowest BCUT2D eigenvalue weighted by Gasteiger charge is -2.15. The normalized spacial score (nSPS) is 11.5. The third-order valence-electron chi connectivity index (χ3n) is 5.21. The van der Waals surface area contributed by atoms with E-state index < -0.39 is 18.7 Å². The van der Waals surface area contributed by atoms with Crippen LogP contribution in [0.15, 0.2) is 42.6 Å². The van der Waals surface area contributed by atoms with Crippen molar-refractivity contribution in [2.45, 2.75) is 12.9 Å². The second-order valence-corrected chi connectivity index (χ2v) is 7.69. The van der Waals surface area contributed by atoms with Crippen molar-refractivity contribution in [3.63, 3.8) is 0 Å². The first-order valence-electron chi connectivity index (χ1n) is 10.7. The van der Waals surface area contributed by atoms with Gasteiger partial charge in [-0.2, -0.15) is 4.80 Å². The van der Waals surface area contributed by atoms with Crippen LogP contribution in [0.1, 0.15) is 24.2 Å². The lowest BCUT2D eigenvalue weighted by molar-refractivity contribution is 0.142. The highest BCUT2D eigenvalue weighted by atomic mass is 19.3. The molecule has 0 aliphatic carbocycles. The fraction of sp³-hybridized carbons (Fsp3) is 0.182. The number of nitrogens with one attached hydrogen (secondary N) is 3. The number of benzene rings is 1. The van der Waals surface area contributed by atoms with Crippen molar-refractivity contribution in [3.8, 4) is 17.1 Å². The molecule has 15 heteroatoms. The molecule has 5 rings (SSSR count). The summed E-state index contributed by atoms with van der Waals surface area (Å²) in [5, 5.41) is 18.1. The molecule has 0 unspecified atom stereocenters. The highest BCUT2D eigenvalue weighted by molar-refractivity contribution is 5.92. The van der Waals surface area contributed by atoms with Crippen LogP contribution in [0, 0.1) is 0 Å². The number of ether oxygens (including phenoxy) is 1. The monoisotopic (exact) mass is 514 g/mol. The number of H-pyrrole nitrogens is 1. The molecule has 190 valence electrons. The summed E-state index contributed by atoms with van der Waals surface area (Å²) in [7, 11) is 3.09. The average molecular weight is 514 g/mol. The smallest absolute Gasteiger partial charge is 0.295 e. The fourth-order valence-corrected chi connectivity index (χ4v) is 3.58. The van der Waals surface area contributed by atoms with Gasteiger partial charge >= 0.3 is 0 Å². The van der Waals surface area contributed by atoms with Gasteiger partial charge in [-0.25, -0.2) is 32.5 Å². The molecular weight excluding hydrogens is 496 g/mol. The van der Waals surface area contributed by atoms with E-state index in [-0.39, 0.29) is 28.4 Å². The number of para-hydroxylation sites is 1. The first-order valence-corrected chi connectivity index (χ1v) is 10.7. The molecule has 4 aromatic heterocycles. The summed E-state index contributed by atoms with van der Waals surface area (Å²) in [5.74, 6) is 0.560. The summed E-state index contributed by atoms with van der Waals surface area (Å²) in [6.45, 7) is 0. The molecule has 0 aliphatic heterocycles. The maximum Gasteiger partial charge on any atom is 0.295 e. The van der Waals surface area contributed by atoms with Crippen LogP contribution < -0.4 is 15.4 Å². The average Bonchev–Trinajstić information content (AvgIpc) is 3.51. The van der Waals surface area contributed by atoms with Gasteiger partial charge in [-0.05, 0) is 29.5 Å². The molecule has 0 radical (unpaired) electrons. The summed E-state index contributed by atoms with van der Waals surface area (Å²) in [6.07, 6.45) is -4.48. The van der Waals surface area contributed by atoms with Crippen LogP contribution in [0.4, 0.5) is 40.6 Å². The molecule has 3 N–H and O–H groups in total. The number of aryl methyl sites for hydroxylation is 1. The molecular formula is C22H18F4N10O. The van der Waals surface area contributed by atoms with Crippen molar-refractivity contribution in [2.75, 3.05) is 17.7 Å². The van der Waals surface area contributed by atoms with Gasteiger partial charge in [0.15, 0.2) is 17.2 Å². The first kappa shape index (κ1) is 23.9. The summed E-state index contributed by atoms with van der Waals surface area (Å²) in [6, 6.07) is 9.29. The second kappa shape index (κ2) is 9.67. The molecule has 5 aromatic rings. The molecule has 0 aliphatic rings. The Hall–Kier alpha value is -4.82. The number of alkyl halides is 4. The van der Waals surface area contributed by atoms with Crippen LogP contribution in [0.25, 0.3) is 22.6 Å². The lowest BCUT2D eigenvalue weighted by Crippen LogP contribution is -2.01. The molecule has 1 aromatic carbocycles. The molecule has 0 spiro atoms. The number of aromatic nitrogens is 8. The highest BCUT2D eigenvalue weighted by Gasteiger charge is 2.20. The molecule has 0 bridgehead atoms. The molecule has 0 atom stereocenters. The van der Waals surface area contributed by atoms with Crippen molar-refractivity contribution in [1.82, 2.24) is 40.1 Å². The van der Waals surface area contributed by atoms with Crippen molar-refractivity contribution in [1.29, 1.82) is 0 Å². The molecule has 0 saturated heterocycles. The predicted octanol–water partition coefficient (Wildman–Crippen LogP) is 4.91. The number of halogens is 4. The molecule has 11 nitrogen and oxygen atoms in total. The van der Waals surface area contributed by atoms with Gasteiger partial charge in [-0.15, -0.1) is 10.2 Å². The number of hydrogen-bond acceptors (Lipinski definition) is 9. The van der Waals surface area contributed by atoms with Crippen LogP contribution in [0.5, 0.6) is 5.75 Å². The first-order chi connectivity index (χ1) is 17.8. The Morgan fingerprint density at radius 1 is 0.973 bits per heavy atom. The number of rotatable bonds is 8. The second-order valence-electron chi connectivity index (χ2n) is 7.69. The predicted molar refractivity (Wildman–Crippen MR) is 125 cm³/mol. The third-order valence-corrected chi connectivity index (χ3v) is 5.21. The Labute approximate surface area is 205 Å². The van der Waals surface area contributed by atoms with Gasteiger partial charge in [0.05, 0.1) is 31.1 Å². The van der Waals surface area contributed by atoms with Crippen LogP contribution >= 0.6 is 0 Å². The molecule has 0 amide bonds. The topological polar surface area (TPSA) is 131 Å². The van der Waals surface area contributed by atoms with Crippen molar-refractivity contribution < 1.29 is 22.3 Å². The number of imidazole rings is 1. The Kier molecular flexibility index (Phi) is 6.25. The number of methoxy groups -OCH3 is 1. The zero-order valence-electron chi connectivity index (χ0n) is 19.2. The largest absolute Gasteiger partial charge is 0.494 e. The van der Waals surface area contributed by atoms with Gasteiger partial charge in [0.2, 0.25) is 5.82 Å². The summed E-state index contributed by atoms with van der Waals surface area (Å²) >= 11 is 0. The number of pyridine rings is 2. The number of fused-ring (bicyclic) bond motifs is 1. The fourth-order valence-electron chi connectivity index (χ4n) is 3.58. The van der Waals surface area contributed by atoms with Gasteiger partial charge in [-0.3, -0.25) is 0 Å². The summed E-state index contributed by atoms with van der Waals surface area (Å²) in [5.41, 5.74) is 1.29. The van der Waals surface area contributed by atoms with Crippen molar-refractivity contribution in [2.24, 2.45) is 7.05 Å². The molecule has 0 saturated carbocycles. The maximum atomic E-state index is 13.4. The number of anilines is 4. The minimum absolute atomic E-state index is 0.0673. The van der Waals surface area contributed by atoms with E-state index in [0.29, 0.717) is 28.5 Å². The van der Waals surface area contributed by atoms with Crippen molar-refractivity contribution in [3.05, 3.63) is 54.0 Å². The number of hydrogen-bond donors (Lipinski definition) is 3. The minimum atomic E-state index is -2.86. The SMILES string of the molecule is COc1c(Nc2cc(Nc3ccc(C(F)F)cn3)nc3[nH]c(C(F)F)nc23)cccc1-c1nnn(C)n1. The summed E-state index contributed by atoms with van der Waals surface area (Å²) in [4.78, 5) is 16.0. The zero-order chi connectivity index (χ0) is 26.1. The van der Waals surface area contributed by atoms with E-state index in [9.17, 15) is 17.6 Å². The van der Waals surface area contributed by atoms with Gasteiger partial charge in [0.1, 0.15) is 17.2 Å². The van der Waals surface area contributed by atoms with Crippen LogP contribution in [0.3, 0.4) is 0 Å². The van der Waals surface area contributed by atoms with E-state index in [0.717, 1.165) is 6.20 Å². The lowest BCUT2D eigenvalue weighted by atomic mass is 10.1. The molecule has 4 heterocycles. The van der Waals surface area contributed by atoms with Gasteiger partial charge in [-0.1, -0.05) is 6.07 Å². The van der Waals surface area contributed by atoms with E-state index in [1.807, 2.05) is 0 Å².